The lowest BCUT2D eigenvalue weighted by molar-refractivity contribution is 0.288. The molecule has 0 radical (unpaired) electrons. The maximum atomic E-state index is 6.17. The van der Waals surface area contributed by atoms with E-state index in [0.29, 0.717) is 16.8 Å². The van der Waals surface area contributed by atoms with Gasteiger partial charge in [-0.1, -0.05) is 11.6 Å². The van der Waals surface area contributed by atoms with Crippen LogP contribution in [-0.4, -0.2) is 17.1 Å². The Hall–Kier alpha value is -0.800. The summed E-state index contributed by atoms with van der Waals surface area (Å²) in [6.07, 6.45) is 4.36. The van der Waals surface area contributed by atoms with E-state index in [1.807, 2.05) is 12.3 Å². The van der Waals surface area contributed by atoms with Crippen molar-refractivity contribution in [3.8, 4) is 5.88 Å². The second-order valence-electron chi connectivity index (χ2n) is 5.99. The summed E-state index contributed by atoms with van der Waals surface area (Å²) in [5.74, 6) is 1.27. The van der Waals surface area contributed by atoms with Gasteiger partial charge in [-0.2, -0.15) is 0 Å². The Bertz CT molecular complexity index is 411. The number of aromatic nitrogens is 1. The van der Waals surface area contributed by atoms with Crippen LogP contribution >= 0.6 is 11.6 Å². The minimum absolute atomic E-state index is 0.0909. The van der Waals surface area contributed by atoms with Crippen molar-refractivity contribution >= 4 is 11.6 Å². The first-order valence-corrected chi connectivity index (χ1v) is 6.84. The highest BCUT2D eigenvalue weighted by atomic mass is 35.5. The summed E-state index contributed by atoms with van der Waals surface area (Å²) in [6.45, 7) is 7.91. The molecule has 4 heteroatoms. The topological polar surface area (TPSA) is 34.2 Å². The molecule has 3 nitrogen and oxygen atoms in total. The summed E-state index contributed by atoms with van der Waals surface area (Å²) in [5, 5.41) is 4.01. The molecular formula is C14H21ClN2O. The molecule has 1 aliphatic carbocycles. The zero-order valence-electron chi connectivity index (χ0n) is 11.3. The van der Waals surface area contributed by atoms with Crippen molar-refractivity contribution < 1.29 is 4.74 Å². The van der Waals surface area contributed by atoms with Crippen molar-refractivity contribution in [3.05, 3.63) is 22.8 Å². The summed E-state index contributed by atoms with van der Waals surface area (Å²) in [6, 6.07) is 1.93. The second-order valence-corrected chi connectivity index (χ2v) is 6.40. The molecule has 0 atom stereocenters. The van der Waals surface area contributed by atoms with Gasteiger partial charge in [0.1, 0.15) is 5.02 Å². The molecule has 0 aliphatic heterocycles. The Morgan fingerprint density at radius 3 is 2.72 bits per heavy atom. The molecule has 0 unspecified atom stereocenters. The minimum Gasteiger partial charge on any atom is -0.476 e. The normalized spacial score (nSPS) is 15.8. The largest absolute Gasteiger partial charge is 0.476 e. The van der Waals surface area contributed by atoms with Crippen LogP contribution in [-0.2, 0) is 6.54 Å². The second kappa shape index (κ2) is 5.45. The molecular weight excluding hydrogens is 248 g/mol. The maximum absolute atomic E-state index is 6.17. The smallest absolute Gasteiger partial charge is 0.232 e. The third-order valence-electron chi connectivity index (χ3n) is 2.84. The molecule has 0 aromatic carbocycles. The van der Waals surface area contributed by atoms with E-state index in [0.717, 1.165) is 18.7 Å². The van der Waals surface area contributed by atoms with Gasteiger partial charge in [0.2, 0.25) is 5.88 Å². The van der Waals surface area contributed by atoms with Gasteiger partial charge in [-0.05, 0) is 51.2 Å². The third kappa shape index (κ3) is 4.46. The number of nitrogens with one attached hydrogen (secondary N) is 1. The van der Waals surface area contributed by atoms with E-state index in [2.05, 4.69) is 31.1 Å². The molecule has 1 saturated carbocycles. The lowest BCUT2D eigenvalue weighted by Crippen LogP contribution is -2.35. The van der Waals surface area contributed by atoms with Crippen molar-refractivity contribution in [3.63, 3.8) is 0 Å². The van der Waals surface area contributed by atoms with Crippen molar-refractivity contribution in [2.24, 2.45) is 5.92 Å². The first kappa shape index (κ1) is 13.6. The average molecular weight is 269 g/mol. The lowest BCUT2D eigenvalue weighted by Gasteiger charge is -2.20. The van der Waals surface area contributed by atoms with Crippen LogP contribution < -0.4 is 10.1 Å². The van der Waals surface area contributed by atoms with Gasteiger partial charge in [0.05, 0.1) is 6.61 Å². The highest BCUT2D eigenvalue weighted by molar-refractivity contribution is 6.31. The molecule has 18 heavy (non-hydrogen) atoms. The number of hydrogen-bond acceptors (Lipinski definition) is 3. The Morgan fingerprint density at radius 1 is 1.44 bits per heavy atom. The van der Waals surface area contributed by atoms with E-state index in [9.17, 15) is 0 Å². The summed E-state index contributed by atoms with van der Waals surface area (Å²) >= 11 is 6.17. The molecule has 1 aromatic rings. The van der Waals surface area contributed by atoms with Gasteiger partial charge < -0.3 is 10.1 Å². The van der Waals surface area contributed by atoms with E-state index in [1.54, 1.807) is 0 Å². The Balaban J connectivity index is 1.91. The van der Waals surface area contributed by atoms with Gasteiger partial charge >= 0.3 is 0 Å². The van der Waals surface area contributed by atoms with E-state index >= 15 is 0 Å². The van der Waals surface area contributed by atoms with Crippen LogP contribution in [0.25, 0.3) is 0 Å². The standard InChI is InChI=1S/C14H21ClN2O/c1-14(2,3)17-8-11-6-12(15)13(16-7-11)18-9-10-4-5-10/h6-7,10,17H,4-5,8-9H2,1-3H3. The number of pyridine rings is 1. The average Bonchev–Trinajstić information content (AvgIpc) is 3.08. The van der Waals surface area contributed by atoms with E-state index in [4.69, 9.17) is 16.3 Å². The molecule has 0 amide bonds. The van der Waals surface area contributed by atoms with Crippen LogP contribution in [0.1, 0.15) is 39.2 Å². The highest BCUT2D eigenvalue weighted by Gasteiger charge is 2.22. The summed E-state index contributed by atoms with van der Waals surface area (Å²) in [4.78, 5) is 4.28. The summed E-state index contributed by atoms with van der Waals surface area (Å²) < 4.78 is 5.60. The SMILES string of the molecule is CC(C)(C)NCc1cnc(OCC2CC2)c(Cl)c1. The Kier molecular flexibility index (Phi) is 4.13. The van der Waals surface area contributed by atoms with E-state index in [-0.39, 0.29) is 5.54 Å². The van der Waals surface area contributed by atoms with Gasteiger partial charge in [-0.15, -0.1) is 0 Å². The number of rotatable bonds is 5. The van der Waals surface area contributed by atoms with E-state index < -0.39 is 0 Å². The fourth-order valence-corrected chi connectivity index (χ4v) is 1.76. The van der Waals surface area contributed by atoms with Crippen LogP contribution in [0.5, 0.6) is 5.88 Å². The molecule has 1 aliphatic rings. The van der Waals surface area contributed by atoms with Gasteiger partial charge in [0.15, 0.2) is 0 Å². The first-order chi connectivity index (χ1) is 8.44. The fourth-order valence-electron chi connectivity index (χ4n) is 1.52. The Labute approximate surface area is 114 Å². The third-order valence-corrected chi connectivity index (χ3v) is 3.11. The van der Waals surface area contributed by atoms with Crippen LogP contribution in [0, 0.1) is 5.92 Å². The highest BCUT2D eigenvalue weighted by Crippen LogP contribution is 2.31. The molecule has 1 heterocycles. The monoisotopic (exact) mass is 268 g/mol. The summed E-state index contributed by atoms with van der Waals surface area (Å²) in [5.41, 5.74) is 1.17. The van der Waals surface area contributed by atoms with Crippen molar-refractivity contribution in [2.75, 3.05) is 6.61 Å². The molecule has 1 fully saturated rings. The van der Waals surface area contributed by atoms with Gasteiger partial charge in [0, 0.05) is 18.3 Å². The number of ether oxygens (including phenoxy) is 1. The molecule has 100 valence electrons. The zero-order valence-corrected chi connectivity index (χ0v) is 12.0. The number of hydrogen-bond donors (Lipinski definition) is 1. The molecule has 0 bridgehead atoms. The van der Waals surface area contributed by atoms with Crippen LogP contribution in [0.15, 0.2) is 12.3 Å². The summed E-state index contributed by atoms with van der Waals surface area (Å²) in [7, 11) is 0. The van der Waals surface area contributed by atoms with Crippen molar-refractivity contribution in [1.82, 2.24) is 10.3 Å². The molecule has 2 rings (SSSR count). The fraction of sp³-hybridized carbons (Fsp3) is 0.643. The van der Waals surface area contributed by atoms with Crippen molar-refractivity contribution in [2.45, 2.75) is 45.7 Å². The van der Waals surface area contributed by atoms with Gasteiger partial charge in [0.25, 0.3) is 0 Å². The predicted octanol–water partition coefficient (Wildman–Crippen LogP) is 3.41. The number of halogens is 1. The lowest BCUT2D eigenvalue weighted by atomic mass is 10.1. The van der Waals surface area contributed by atoms with Gasteiger partial charge in [-0.3, -0.25) is 0 Å². The predicted molar refractivity (Wildman–Crippen MR) is 74.1 cm³/mol. The molecule has 1 N–H and O–H groups in total. The molecule has 0 spiro atoms. The minimum atomic E-state index is 0.0909. The quantitative estimate of drug-likeness (QED) is 0.889. The van der Waals surface area contributed by atoms with Crippen molar-refractivity contribution in [1.29, 1.82) is 0 Å². The molecule has 0 saturated heterocycles. The number of nitrogens with zero attached hydrogens (tertiary/aromatic N) is 1. The van der Waals surface area contributed by atoms with Crippen LogP contribution in [0.3, 0.4) is 0 Å². The van der Waals surface area contributed by atoms with Crippen LogP contribution in [0.2, 0.25) is 5.02 Å². The maximum Gasteiger partial charge on any atom is 0.232 e. The van der Waals surface area contributed by atoms with Crippen LogP contribution in [0.4, 0.5) is 0 Å². The van der Waals surface area contributed by atoms with Gasteiger partial charge in [-0.25, -0.2) is 4.98 Å². The zero-order chi connectivity index (χ0) is 13.2. The first-order valence-electron chi connectivity index (χ1n) is 6.46. The Morgan fingerprint density at radius 2 is 2.17 bits per heavy atom. The van der Waals surface area contributed by atoms with E-state index in [1.165, 1.54) is 12.8 Å². The molecule has 1 aromatic heterocycles.